The van der Waals surface area contributed by atoms with E-state index in [-0.39, 0.29) is 1.43 Å². The van der Waals surface area contributed by atoms with Crippen molar-refractivity contribution in [3.05, 3.63) is 24.0 Å². The summed E-state index contributed by atoms with van der Waals surface area (Å²) in [4.78, 5) is 4.31. The smallest absolute Gasteiger partial charge is 0.206 e. The van der Waals surface area contributed by atoms with Crippen molar-refractivity contribution in [2.45, 2.75) is 19.8 Å². The lowest BCUT2D eigenvalue weighted by atomic mass is 10.0. The Bertz CT molecular complexity index is 412. The van der Waals surface area contributed by atoms with E-state index in [0.29, 0.717) is 11.7 Å². The maximum absolute atomic E-state index is 4.31. The normalized spacial score (nSPS) is 10.8. The van der Waals surface area contributed by atoms with Crippen LogP contribution in [-0.4, -0.2) is 25.6 Å². The van der Waals surface area contributed by atoms with Crippen LogP contribution in [-0.2, 0) is 0 Å². The highest BCUT2D eigenvalue weighted by Gasteiger charge is 2.12. The number of hydrogen-bond acceptors (Lipinski definition) is 4. The number of nitrogens with one attached hydrogen (secondary N) is 1. The van der Waals surface area contributed by atoms with Gasteiger partial charge >= 0.3 is 0 Å². The summed E-state index contributed by atoms with van der Waals surface area (Å²) in [5.41, 5.74) is 1.94. The van der Waals surface area contributed by atoms with Crippen LogP contribution in [0.25, 0.3) is 11.4 Å². The third kappa shape index (κ3) is 1.48. The van der Waals surface area contributed by atoms with Gasteiger partial charge in [-0.05, 0) is 23.3 Å². The largest absolute Gasteiger partial charge is 0.260 e. The summed E-state index contributed by atoms with van der Waals surface area (Å²) in [6.07, 6.45) is 1.78. The van der Waals surface area contributed by atoms with Crippen LogP contribution in [0.5, 0.6) is 0 Å². The van der Waals surface area contributed by atoms with Gasteiger partial charge in [-0.3, -0.25) is 4.98 Å². The van der Waals surface area contributed by atoms with Crippen LogP contribution in [0.2, 0.25) is 0 Å². The highest BCUT2D eigenvalue weighted by atomic mass is 15.5. The molecule has 0 radical (unpaired) electrons. The Morgan fingerprint density at radius 2 is 2.29 bits per heavy atom. The zero-order valence-corrected chi connectivity index (χ0v) is 8.10. The number of tetrazole rings is 1. The minimum Gasteiger partial charge on any atom is -0.260 e. The van der Waals surface area contributed by atoms with Crippen LogP contribution in [0, 0.1) is 0 Å². The highest BCUT2D eigenvalue weighted by Crippen LogP contribution is 2.23. The minimum absolute atomic E-state index is 0. The number of aromatic amines is 1. The van der Waals surface area contributed by atoms with Crippen LogP contribution < -0.4 is 0 Å². The Labute approximate surface area is 83.1 Å². The van der Waals surface area contributed by atoms with Crippen LogP contribution in [0.1, 0.15) is 26.9 Å². The zero-order valence-electron chi connectivity index (χ0n) is 8.10. The first-order chi connectivity index (χ1) is 6.79. The molecule has 2 heterocycles. The van der Waals surface area contributed by atoms with E-state index in [1.54, 1.807) is 6.20 Å². The maximum Gasteiger partial charge on any atom is 0.206 e. The predicted molar refractivity (Wildman–Crippen MR) is 53.6 cm³/mol. The summed E-state index contributed by atoms with van der Waals surface area (Å²) in [7, 11) is 0. The van der Waals surface area contributed by atoms with Crippen molar-refractivity contribution in [2.75, 3.05) is 0 Å². The van der Waals surface area contributed by atoms with E-state index in [0.717, 1.165) is 11.3 Å². The maximum atomic E-state index is 4.31. The molecule has 0 saturated heterocycles. The van der Waals surface area contributed by atoms with E-state index in [1.165, 1.54) is 0 Å². The van der Waals surface area contributed by atoms with Crippen LogP contribution in [0.3, 0.4) is 0 Å². The third-order valence-electron chi connectivity index (χ3n) is 1.97. The lowest BCUT2D eigenvalue weighted by Gasteiger charge is -2.07. The van der Waals surface area contributed by atoms with Crippen LogP contribution in [0.15, 0.2) is 18.3 Å². The third-order valence-corrected chi connectivity index (χ3v) is 1.97. The average Bonchev–Trinajstić information content (AvgIpc) is 2.70. The topological polar surface area (TPSA) is 67.3 Å². The molecule has 0 aliphatic rings. The van der Waals surface area contributed by atoms with E-state index >= 15 is 0 Å². The van der Waals surface area contributed by atoms with Gasteiger partial charge in [-0.2, -0.15) is 5.21 Å². The van der Waals surface area contributed by atoms with Crippen molar-refractivity contribution in [2.24, 2.45) is 0 Å². The summed E-state index contributed by atoms with van der Waals surface area (Å²) in [5, 5.41) is 13.9. The van der Waals surface area contributed by atoms with Gasteiger partial charge in [0, 0.05) is 13.2 Å². The fourth-order valence-corrected chi connectivity index (χ4v) is 1.34. The first-order valence-electron chi connectivity index (χ1n) is 4.47. The molecule has 0 atom stereocenters. The molecule has 5 nitrogen and oxygen atoms in total. The fourth-order valence-electron chi connectivity index (χ4n) is 1.34. The first-order valence-corrected chi connectivity index (χ1v) is 4.47. The number of aromatic nitrogens is 5. The average molecular weight is 191 g/mol. The lowest BCUT2D eigenvalue weighted by Crippen LogP contribution is -1.96. The van der Waals surface area contributed by atoms with Gasteiger partial charge in [-0.25, -0.2) is 0 Å². The van der Waals surface area contributed by atoms with Crippen molar-refractivity contribution < 1.29 is 1.43 Å². The molecule has 1 N–H and O–H groups in total. The molecule has 2 rings (SSSR count). The van der Waals surface area contributed by atoms with Crippen molar-refractivity contribution in [1.82, 2.24) is 25.6 Å². The molecule has 74 valence electrons. The van der Waals surface area contributed by atoms with Gasteiger partial charge in [-0.1, -0.05) is 13.8 Å². The Hall–Kier alpha value is -1.78. The van der Waals surface area contributed by atoms with E-state index in [4.69, 9.17) is 0 Å². The molecule has 0 saturated carbocycles. The van der Waals surface area contributed by atoms with Gasteiger partial charge in [0.05, 0.1) is 5.69 Å². The number of rotatable bonds is 2. The van der Waals surface area contributed by atoms with E-state index in [1.807, 2.05) is 12.1 Å². The van der Waals surface area contributed by atoms with Gasteiger partial charge in [-0.15, -0.1) is 10.2 Å². The summed E-state index contributed by atoms with van der Waals surface area (Å²) in [6.45, 7) is 4.18. The summed E-state index contributed by atoms with van der Waals surface area (Å²) >= 11 is 0. The highest BCUT2D eigenvalue weighted by molar-refractivity contribution is 5.57. The number of pyridine rings is 1. The zero-order chi connectivity index (χ0) is 9.97. The second-order valence-corrected chi connectivity index (χ2v) is 3.33. The monoisotopic (exact) mass is 191 g/mol. The number of nitrogens with zero attached hydrogens (tertiary/aromatic N) is 4. The molecule has 5 heteroatoms. The molecule has 2 aromatic rings. The Kier molecular flexibility index (Phi) is 2.22. The molecular formula is C9H13N5. The summed E-state index contributed by atoms with van der Waals surface area (Å²) < 4.78 is 0. The molecule has 0 bridgehead atoms. The Balaban J connectivity index is 0.00000112. The van der Waals surface area contributed by atoms with Gasteiger partial charge < -0.3 is 0 Å². The van der Waals surface area contributed by atoms with Crippen molar-refractivity contribution in [3.63, 3.8) is 0 Å². The summed E-state index contributed by atoms with van der Waals surface area (Å²) in [5.74, 6) is 0.950. The molecule has 0 amide bonds. The SMILES string of the molecule is CC(C)c1ncccc1-c1nn[nH]n1.[HH]. The molecule has 2 aromatic heterocycles. The molecule has 0 aromatic carbocycles. The molecule has 14 heavy (non-hydrogen) atoms. The second-order valence-electron chi connectivity index (χ2n) is 3.33. The van der Waals surface area contributed by atoms with Crippen molar-refractivity contribution in [1.29, 1.82) is 0 Å². The van der Waals surface area contributed by atoms with Crippen molar-refractivity contribution in [3.8, 4) is 11.4 Å². The molecule has 0 aliphatic carbocycles. The van der Waals surface area contributed by atoms with Crippen molar-refractivity contribution >= 4 is 0 Å². The van der Waals surface area contributed by atoms with Gasteiger partial charge in [0.1, 0.15) is 0 Å². The fraction of sp³-hybridized carbons (Fsp3) is 0.333. The first kappa shape index (κ1) is 8.80. The molecule has 0 spiro atoms. The quantitative estimate of drug-likeness (QED) is 0.783. The number of H-pyrrole nitrogens is 1. The summed E-state index contributed by atoms with van der Waals surface area (Å²) in [6, 6.07) is 3.82. The molecule has 0 unspecified atom stereocenters. The van der Waals surface area contributed by atoms with Crippen LogP contribution in [0.4, 0.5) is 0 Å². The number of hydrogen-bond donors (Lipinski definition) is 1. The van der Waals surface area contributed by atoms with E-state index in [9.17, 15) is 0 Å². The lowest BCUT2D eigenvalue weighted by molar-refractivity contribution is 0.823. The van der Waals surface area contributed by atoms with Gasteiger partial charge in [0.25, 0.3) is 0 Å². The predicted octanol–water partition coefficient (Wildman–Crippen LogP) is 1.63. The van der Waals surface area contributed by atoms with Gasteiger partial charge in [0.15, 0.2) is 0 Å². The minimum atomic E-state index is 0. The molecule has 0 aliphatic heterocycles. The second kappa shape index (κ2) is 3.53. The van der Waals surface area contributed by atoms with Crippen LogP contribution >= 0.6 is 0 Å². The van der Waals surface area contributed by atoms with E-state index < -0.39 is 0 Å². The molecule has 0 fully saturated rings. The van der Waals surface area contributed by atoms with Gasteiger partial charge in [0.2, 0.25) is 5.82 Å². The Morgan fingerprint density at radius 3 is 2.93 bits per heavy atom. The molecular weight excluding hydrogens is 178 g/mol. The van der Waals surface area contributed by atoms with E-state index in [2.05, 4.69) is 39.5 Å². The standard InChI is InChI=1S/C9H11N5.H2/c1-6(2)8-7(4-3-5-10-8)9-11-13-14-12-9;/h3-6H,1-2H3,(H,11,12,13,14);1H. The Morgan fingerprint density at radius 1 is 1.43 bits per heavy atom.